The molecule has 0 saturated carbocycles. The number of hydrogen-bond acceptors (Lipinski definition) is 3. The Morgan fingerprint density at radius 1 is 1.25 bits per heavy atom. The first-order valence-corrected chi connectivity index (χ1v) is 6.77. The van der Waals surface area contributed by atoms with E-state index in [0.717, 1.165) is 18.7 Å². The van der Waals surface area contributed by atoms with Crippen molar-refractivity contribution in [2.75, 3.05) is 18.9 Å². The number of rotatable bonds is 2. The molecule has 1 aromatic heterocycles. The quantitative estimate of drug-likeness (QED) is 0.908. The Bertz CT molecular complexity index is 639. The van der Waals surface area contributed by atoms with Gasteiger partial charge in [0.2, 0.25) is 0 Å². The molecule has 0 atom stereocenters. The molecule has 1 aliphatic heterocycles. The van der Waals surface area contributed by atoms with Crippen LogP contribution in [0.1, 0.15) is 21.5 Å². The first-order valence-electron chi connectivity index (χ1n) is 6.77. The van der Waals surface area contributed by atoms with Crippen molar-refractivity contribution in [3.05, 3.63) is 59.4 Å². The minimum Gasteiger partial charge on any atom is -0.387 e. The van der Waals surface area contributed by atoms with E-state index in [9.17, 15) is 4.79 Å². The molecule has 102 valence electrons. The van der Waals surface area contributed by atoms with E-state index in [1.165, 1.54) is 11.1 Å². The summed E-state index contributed by atoms with van der Waals surface area (Å²) in [6.07, 6.45) is 4.24. The minimum atomic E-state index is 0.0388. The van der Waals surface area contributed by atoms with Gasteiger partial charge >= 0.3 is 0 Å². The molecule has 0 fully saturated rings. The molecule has 0 saturated heterocycles. The lowest BCUT2D eigenvalue weighted by atomic mass is 9.99. The van der Waals surface area contributed by atoms with Gasteiger partial charge in [0.25, 0.3) is 5.91 Å². The number of nitrogens with zero attached hydrogens (tertiary/aromatic N) is 2. The third-order valence-corrected chi connectivity index (χ3v) is 3.74. The van der Waals surface area contributed by atoms with Gasteiger partial charge in [-0.25, -0.2) is 0 Å². The summed E-state index contributed by atoms with van der Waals surface area (Å²) in [5, 5.41) is 3.05. The van der Waals surface area contributed by atoms with Crippen LogP contribution < -0.4 is 5.32 Å². The van der Waals surface area contributed by atoms with E-state index in [0.29, 0.717) is 12.1 Å². The molecule has 0 aliphatic carbocycles. The van der Waals surface area contributed by atoms with E-state index in [2.05, 4.69) is 28.5 Å². The fourth-order valence-electron chi connectivity index (χ4n) is 2.62. The summed E-state index contributed by atoms with van der Waals surface area (Å²) < 4.78 is 0. The van der Waals surface area contributed by atoms with Crippen molar-refractivity contribution in [1.82, 2.24) is 9.88 Å². The molecule has 0 unspecified atom stereocenters. The molecule has 3 rings (SSSR count). The highest BCUT2D eigenvalue weighted by atomic mass is 16.2. The summed E-state index contributed by atoms with van der Waals surface area (Å²) in [5.41, 5.74) is 4.04. The smallest absolute Gasteiger partial charge is 0.257 e. The topological polar surface area (TPSA) is 45.2 Å². The third-order valence-electron chi connectivity index (χ3n) is 3.74. The fraction of sp³-hybridized carbons (Fsp3) is 0.250. The molecule has 1 aliphatic rings. The monoisotopic (exact) mass is 267 g/mol. The van der Waals surface area contributed by atoms with Crippen molar-refractivity contribution in [3.63, 3.8) is 0 Å². The summed E-state index contributed by atoms with van der Waals surface area (Å²) >= 11 is 0. The van der Waals surface area contributed by atoms with Gasteiger partial charge in [0.1, 0.15) is 0 Å². The number of hydrogen-bond donors (Lipinski definition) is 1. The van der Waals surface area contributed by atoms with Crippen molar-refractivity contribution < 1.29 is 4.79 Å². The van der Waals surface area contributed by atoms with Crippen molar-refractivity contribution >= 4 is 11.6 Å². The van der Waals surface area contributed by atoms with Crippen molar-refractivity contribution in [2.24, 2.45) is 0 Å². The second kappa shape index (κ2) is 5.33. The third kappa shape index (κ3) is 2.25. The van der Waals surface area contributed by atoms with Crippen molar-refractivity contribution in [1.29, 1.82) is 0 Å². The molecule has 0 radical (unpaired) electrons. The SMILES string of the molecule is CNc1ccncc1C(=O)N1CCc2ccccc2C1. The predicted octanol–water partition coefficient (Wildman–Crippen LogP) is 2.32. The zero-order chi connectivity index (χ0) is 13.9. The zero-order valence-electron chi connectivity index (χ0n) is 11.5. The van der Waals surface area contributed by atoms with E-state index >= 15 is 0 Å². The molecular formula is C16H17N3O. The Labute approximate surface area is 118 Å². The van der Waals surface area contributed by atoms with E-state index in [4.69, 9.17) is 0 Å². The Hall–Kier alpha value is -2.36. The van der Waals surface area contributed by atoms with Crippen LogP contribution in [0.15, 0.2) is 42.7 Å². The maximum atomic E-state index is 12.6. The summed E-state index contributed by atoms with van der Waals surface area (Å²) in [6.45, 7) is 1.43. The van der Waals surface area contributed by atoms with Crippen molar-refractivity contribution in [2.45, 2.75) is 13.0 Å². The number of carbonyl (C=O) groups excluding carboxylic acids is 1. The number of pyridine rings is 1. The number of carbonyl (C=O) groups is 1. The first kappa shape index (κ1) is 12.7. The highest BCUT2D eigenvalue weighted by molar-refractivity contribution is 5.99. The minimum absolute atomic E-state index is 0.0388. The standard InChI is InChI=1S/C16H17N3O/c1-17-15-6-8-18-10-14(15)16(20)19-9-7-12-4-2-3-5-13(12)11-19/h2-6,8,10H,7,9,11H2,1H3,(H,17,18). The lowest BCUT2D eigenvalue weighted by molar-refractivity contribution is 0.0735. The van der Waals surface area contributed by atoms with Gasteiger partial charge in [-0.05, 0) is 23.6 Å². The molecule has 20 heavy (non-hydrogen) atoms. The predicted molar refractivity (Wildman–Crippen MR) is 78.7 cm³/mol. The lowest BCUT2D eigenvalue weighted by Crippen LogP contribution is -2.36. The largest absolute Gasteiger partial charge is 0.387 e. The maximum absolute atomic E-state index is 12.6. The molecule has 0 bridgehead atoms. The van der Waals surface area contributed by atoms with Gasteiger partial charge in [-0.1, -0.05) is 24.3 Å². The van der Waals surface area contributed by atoms with E-state index in [1.807, 2.05) is 24.1 Å². The summed E-state index contributed by atoms with van der Waals surface area (Å²) in [4.78, 5) is 18.6. The van der Waals surface area contributed by atoms with Gasteiger partial charge in [-0.15, -0.1) is 0 Å². The summed E-state index contributed by atoms with van der Waals surface area (Å²) in [6, 6.07) is 10.1. The number of amides is 1. The molecule has 4 heteroatoms. The molecule has 1 aromatic carbocycles. The highest BCUT2D eigenvalue weighted by Crippen LogP contribution is 2.22. The van der Waals surface area contributed by atoms with Crippen LogP contribution in [0.4, 0.5) is 5.69 Å². The zero-order valence-corrected chi connectivity index (χ0v) is 11.5. The molecule has 2 heterocycles. The number of anilines is 1. The van der Waals surface area contributed by atoms with Gasteiger partial charge in [0, 0.05) is 38.2 Å². The van der Waals surface area contributed by atoms with E-state index < -0.39 is 0 Å². The van der Waals surface area contributed by atoms with Crippen LogP contribution in [0.25, 0.3) is 0 Å². The van der Waals surface area contributed by atoms with Crippen LogP contribution in [0, 0.1) is 0 Å². The van der Waals surface area contributed by atoms with Crippen LogP contribution in [0.3, 0.4) is 0 Å². The van der Waals surface area contributed by atoms with Gasteiger partial charge in [0.15, 0.2) is 0 Å². The van der Waals surface area contributed by atoms with E-state index in [-0.39, 0.29) is 5.91 Å². The summed E-state index contributed by atoms with van der Waals surface area (Å²) in [7, 11) is 1.82. The van der Waals surface area contributed by atoms with E-state index in [1.54, 1.807) is 12.4 Å². The maximum Gasteiger partial charge on any atom is 0.257 e. The molecule has 2 aromatic rings. The Morgan fingerprint density at radius 2 is 2.05 bits per heavy atom. The van der Waals surface area contributed by atoms with Crippen LogP contribution in [0.5, 0.6) is 0 Å². The Balaban J connectivity index is 1.86. The van der Waals surface area contributed by atoms with Gasteiger partial charge in [0.05, 0.1) is 5.56 Å². The molecule has 4 nitrogen and oxygen atoms in total. The Kier molecular flexibility index (Phi) is 3.37. The fourth-order valence-corrected chi connectivity index (χ4v) is 2.62. The average Bonchev–Trinajstić information content (AvgIpc) is 2.53. The lowest BCUT2D eigenvalue weighted by Gasteiger charge is -2.29. The van der Waals surface area contributed by atoms with Crippen LogP contribution in [-0.4, -0.2) is 29.4 Å². The van der Waals surface area contributed by atoms with Crippen molar-refractivity contribution in [3.8, 4) is 0 Å². The van der Waals surface area contributed by atoms with Gasteiger partial charge in [-0.3, -0.25) is 9.78 Å². The van der Waals surface area contributed by atoms with Gasteiger partial charge in [-0.2, -0.15) is 0 Å². The number of nitrogens with one attached hydrogen (secondary N) is 1. The second-order valence-corrected chi connectivity index (χ2v) is 4.92. The molecule has 1 N–H and O–H groups in total. The molecule has 0 spiro atoms. The second-order valence-electron chi connectivity index (χ2n) is 4.92. The van der Waals surface area contributed by atoms with Crippen LogP contribution in [-0.2, 0) is 13.0 Å². The number of fused-ring (bicyclic) bond motifs is 1. The number of benzene rings is 1. The summed E-state index contributed by atoms with van der Waals surface area (Å²) in [5.74, 6) is 0.0388. The average molecular weight is 267 g/mol. The first-order chi connectivity index (χ1) is 9.79. The molecule has 1 amide bonds. The Morgan fingerprint density at radius 3 is 2.85 bits per heavy atom. The highest BCUT2D eigenvalue weighted by Gasteiger charge is 2.23. The van der Waals surface area contributed by atoms with Crippen LogP contribution >= 0.6 is 0 Å². The van der Waals surface area contributed by atoms with Crippen LogP contribution in [0.2, 0.25) is 0 Å². The molecular weight excluding hydrogens is 250 g/mol. The normalized spacial score (nSPS) is 13.8. The number of aromatic nitrogens is 1. The van der Waals surface area contributed by atoms with Gasteiger partial charge < -0.3 is 10.2 Å².